The van der Waals surface area contributed by atoms with Gasteiger partial charge in [-0.05, 0) is 45.6 Å². The number of amides is 1. The maximum atomic E-state index is 13.0. The fraction of sp³-hybridized carbons (Fsp3) is 0.667. The summed E-state index contributed by atoms with van der Waals surface area (Å²) < 4.78 is 5.49. The Morgan fingerprint density at radius 1 is 1.29 bits per heavy atom. The monoisotopic (exact) mass is 402 g/mol. The van der Waals surface area contributed by atoms with Crippen LogP contribution in [0.3, 0.4) is 0 Å². The molecule has 152 valence electrons. The van der Waals surface area contributed by atoms with Crippen LogP contribution in [0.4, 0.5) is 0 Å². The van der Waals surface area contributed by atoms with Crippen LogP contribution in [0.1, 0.15) is 65.8 Å². The molecule has 2 aliphatic rings. The zero-order valence-corrected chi connectivity index (χ0v) is 18.1. The van der Waals surface area contributed by atoms with Crippen LogP contribution in [0.5, 0.6) is 0 Å². The van der Waals surface area contributed by atoms with E-state index in [1.165, 1.54) is 24.2 Å². The van der Waals surface area contributed by atoms with Crippen LogP contribution in [0.15, 0.2) is 0 Å². The zero-order valence-electron chi connectivity index (χ0n) is 17.3. The lowest BCUT2D eigenvalue weighted by Gasteiger charge is -2.43. The van der Waals surface area contributed by atoms with Gasteiger partial charge in [-0.15, -0.1) is 11.3 Å². The number of fused-ring (bicyclic) bond motifs is 1. The van der Waals surface area contributed by atoms with Crippen molar-refractivity contribution >= 4 is 27.5 Å². The Hall–Kier alpha value is -1.57. The van der Waals surface area contributed by atoms with E-state index in [-0.39, 0.29) is 11.4 Å². The van der Waals surface area contributed by atoms with Crippen molar-refractivity contribution in [3.8, 4) is 0 Å². The van der Waals surface area contributed by atoms with Gasteiger partial charge in [0.1, 0.15) is 10.7 Å². The predicted molar refractivity (Wildman–Crippen MR) is 112 cm³/mol. The van der Waals surface area contributed by atoms with E-state index in [0.29, 0.717) is 12.5 Å². The third kappa shape index (κ3) is 3.67. The Balaban J connectivity index is 1.53. The minimum absolute atomic E-state index is 0.000747. The molecule has 28 heavy (non-hydrogen) atoms. The number of nitrogens with zero attached hydrogens (tertiary/aromatic N) is 3. The molecule has 1 atom stereocenters. The molecule has 2 aromatic rings. The highest BCUT2D eigenvalue weighted by Gasteiger charge is 2.32. The summed E-state index contributed by atoms with van der Waals surface area (Å²) in [5.41, 5.74) is 1.94. The van der Waals surface area contributed by atoms with Gasteiger partial charge in [0.05, 0.1) is 23.8 Å². The summed E-state index contributed by atoms with van der Waals surface area (Å²) in [7, 11) is 0. The third-order valence-electron chi connectivity index (χ3n) is 6.30. The maximum Gasteiger partial charge on any atom is 0.261 e. The largest absolute Gasteiger partial charge is 0.379 e. The van der Waals surface area contributed by atoms with Crippen LogP contribution < -0.4 is 5.32 Å². The third-order valence-corrected chi connectivity index (χ3v) is 7.49. The second kappa shape index (κ2) is 7.69. The van der Waals surface area contributed by atoms with Crippen LogP contribution in [-0.4, -0.2) is 59.2 Å². The van der Waals surface area contributed by atoms with Crippen molar-refractivity contribution in [2.75, 3.05) is 32.8 Å². The number of aromatic nitrogens is 2. The minimum Gasteiger partial charge on any atom is -0.379 e. The van der Waals surface area contributed by atoms with E-state index >= 15 is 0 Å². The number of rotatable bonds is 6. The first-order valence-corrected chi connectivity index (χ1v) is 11.1. The van der Waals surface area contributed by atoms with E-state index in [1.54, 1.807) is 0 Å². The Labute approximate surface area is 170 Å². The predicted octanol–water partition coefficient (Wildman–Crippen LogP) is 3.42. The zero-order chi connectivity index (χ0) is 19.9. The summed E-state index contributed by atoms with van der Waals surface area (Å²) in [5.74, 6) is 1.46. The number of carbonyl (C=O) groups is 1. The standard InChI is InChI=1S/C21H30N4O2S/c1-5-21(4,25-8-10-27-11-9-25)12-22-19(26)17-13(2)16-14(3)23-18(15-6-7-15)24-20(16)28-17/h15H,5-12H2,1-4H3,(H,22,26). The molecule has 1 saturated heterocycles. The maximum absolute atomic E-state index is 13.0. The number of carbonyl (C=O) groups excluding carboxylic acids is 1. The summed E-state index contributed by atoms with van der Waals surface area (Å²) in [4.78, 5) is 26.6. The molecule has 1 amide bonds. The second-order valence-electron chi connectivity index (χ2n) is 8.31. The molecule has 4 rings (SSSR count). The molecular formula is C21H30N4O2S. The molecule has 2 fully saturated rings. The van der Waals surface area contributed by atoms with Gasteiger partial charge in [-0.25, -0.2) is 9.97 Å². The fourth-order valence-corrected chi connectivity index (χ4v) is 5.17. The number of morpholine rings is 1. The highest BCUT2D eigenvalue weighted by molar-refractivity contribution is 7.20. The van der Waals surface area contributed by atoms with Gasteiger partial charge < -0.3 is 10.1 Å². The summed E-state index contributed by atoms with van der Waals surface area (Å²) in [6.45, 7) is 12.5. The number of hydrogen-bond acceptors (Lipinski definition) is 6. The van der Waals surface area contributed by atoms with Crippen LogP contribution in [-0.2, 0) is 4.74 Å². The van der Waals surface area contributed by atoms with Gasteiger partial charge in [-0.3, -0.25) is 9.69 Å². The van der Waals surface area contributed by atoms with Crippen molar-refractivity contribution in [2.45, 2.75) is 58.4 Å². The van der Waals surface area contributed by atoms with Gasteiger partial charge in [-0.1, -0.05) is 6.92 Å². The molecule has 1 aliphatic heterocycles. The quantitative estimate of drug-likeness (QED) is 0.802. The van der Waals surface area contributed by atoms with E-state index in [9.17, 15) is 4.79 Å². The van der Waals surface area contributed by atoms with Crippen molar-refractivity contribution in [3.05, 3.63) is 22.0 Å². The summed E-state index contributed by atoms with van der Waals surface area (Å²) in [5, 5.41) is 4.25. The highest BCUT2D eigenvalue weighted by Crippen LogP contribution is 2.40. The SMILES string of the molecule is CCC(C)(CNC(=O)c1sc2nc(C3CC3)nc(C)c2c1C)N1CCOCC1. The van der Waals surface area contributed by atoms with Crippen molar-refractivity contribution in [2.24, 2.45) is 0 Å². The van der Waals surface area contributed by atoms with Gasteiger partial charge in [0, 0.05) is 36.5 Å². The lowest BCUT2D eigenvalue weighted by Crippen LogP contribution is -2.56. The molecule has 3 heterocycles. The van der Waals surface area contributed by atoms with Crippen LogP contribution in [0.2, 0.25) is 0 Å². The molecule has 0 aromatic carbocycles. The van der Waals surface area contributed by atoms with Gasteiger partial charge >= 0.3 is 0 Å². The fourth-order valence-electron chi connectivity index (χ4n) is 4.02. The Bertz CT molecular complexity index is 886. The Morgan fingerprint density at radius 3 is 2.64 bits per heavy atom. The normalized spacial score (nSPS) is 20.3. The second-order valence-corrected chi connectivity index (χ2v) is 9.31. The smallest absolute Gasteiger partial charge is 0.261 e. The first kappa shape index (κ1) is 19.7. The summed E-state index contributed by atoms with van der Waals surface area (Å²) in [6.07, 6.45) is 3.34. The molecule has 1 aliphatic carbocycles. The van der Waals surface area contributed by atoms with E-state index in [2.05, 4.69) is 24.1 Å². The molecule has 1 saturated carbocycles. The first-order chi connectivity index (χ1) is 13.4. The number of hydrogen-bond donors (Lipinski definition) is 1. The number of thiophene rings is 1. The lowest BCUT2D eigenvalue weighted by molar-refractivity contribution is -0.0169. The van der Waals surface area contributed by atoms with E-state index in [0.717, 1.165) is 64.9 Å². The topological polar surface area (TPSA) is 67.4 Å². The number of aryl methyl sites for hydroxylation is 2. The number of nitrogens with one attached hydrogen (secondary N) is 1. The molecule has 7 heteroatoms. The van der Waals surface area contributed by atoms with Gasteiger partial charge in [0.2, 0.25) is 0 Å². The highest BCUT2D eigenvalue weighted by atomic mass is 32.1. The van der Waals surface area contributed by atoms with Crippen molar-refractivity contribution in [1.82, 2.24) is 20.2 Å². The molecule has 6 nitrogen and oxygen atoms in total. The van der Waals surface area contributed by atoms with Crippen molar-refractivity contribution in [3.63, 3.8) is 0 Å². The molecule has 0 radical (unpaired) electrons. The van der Waals surface area contributed by atoms with Gasteiger partial charge in [-0.2, -0.15) is 0 Å². The van der Waals surface area contributed by atoms with Crippen LogP contribution in [0, 0.1) is 13.8 Å². The first-order valence-electron chi connectivity index (χ1n) is 10.3. The Morgan fingerprint density at radius 2 is 2.00 bits per heavy atom. The van der Waals surface area contributed by atoms with Crippen molar-refractivity contribution in [1.29, 1.82) is 0 Å². The molecule has 0 bridgehead atoms. The molecule has 1 N–H and O–H groups in total. The number of ether oxygens (including phenoxy) is 1. The Kier molecular flexibility index (Phi) is 5.42. The average molecular weight is 403 g/mol. The van der Waals surface area contributed by atoms with Crippen molar-refractivity contribution < 1.29 is 9.53 Å². The average Bonchev–Trinajstić information content (AvgIpc) is 3.50. The lowest BCUT2D eigenvalue weighted by atomic mass is 9.95. The minimum atomic E-state index is -0.0567. The van der Waals surface area contributed by atoms with Gasteiger partial charge in [0.15, 0.2) is 0 Å². The van der Waals surface area contributed by atoms with Crippen LogP contribution >= 0.6 is 11.3 Å². The van der Waals surface area contributed by atoms with E-state index < -0.39 is 0 Å². The molecule has 0 spiro atoms. The summed E-state index contributed by atoms with van der Waals surface area (Å²) >= 11 is 1.50. The van der Waals surface area contributed by atoms with E-state index in [1.807, 2.05) is 13.8 Å². The summed E-state index contributed by atoms with van der Waals surface area (Å²) in [6, 6.07) is 0. The van der Waals surface area contributed by atoms with Crippen LogP contribution in [0.25, 0.3) is 10.2 Å². The van der Waals surface area contributed by atoms with E-state index in [4.69, 9.17) is 14.7 Å². The molecular weight excluding hydrogens is 372 g/mol. The van der Waals surface area contributed by atoms with Gasteiger partial charge in [0.25, 0.3) is 5.91 Å². The molecule has 2 aromatic heterocycles. The molecule has 1 unspecified atom stereocenters.